The molecule has 2 rings (SSSR count). The summed E-state index contributed by atoms with van der Waals surface area (Å²) >= 11 is 0. The Morgan fingerprint density at radius 3 is 2.25 bits per heavy atom. The lowest BCUT2D eigenvalue weighted by molar-refractivity contribution is -0.117. The van der Waals surface area contributed by atoms with Gasteiger partial charge in [0.15, 0.2) is 0 Å². The van der Waals surface area contributed by atoms with E-state index < -0.39 is 12.1 Å². The van der Waals surface area contributed by atoms with Gasteiger partial charge in [-0.25, -0.2) is 4.79 Å². The van der Waals surface area contributed by atoms with Crippen molar-refractivity contribution in [2.24, 2.45) is 0 Å². The van der Waals surface area contributed by atoms with Gasteiger partial charge in [0.1, 0.15) is 12.6 Å². The van der Waals surface area contributed by atoms with Crippen molar-refractivity contribution in [2.45, 2.75) is 33.4 Å². The van der Waals surface area contributed by atoms with Gasteiger partial charge in [-0.15, -0.1) is 0 Å². The number of nitrogens with one attached hydrogen (secondary N) is 2. The number of anilines is 1. The lowest BCUT2D eigenvalue weighted by Crippen LogP contribution is -2.42. The van der Waals surface area contributed by atoms with Crippen LogP contribution in [-0.2, 0) is 16.1 Å². The van der Waals surface area contributed by atoms with Gasteiger partial charge in [0.2, 0.25) is 5.91 Å². The van der Waals surface area contributed by atoms with E-state index in [-0.39, 0.29) is 12.5 Å². The minimum atomic E-state index is -0.702. The summed E-state index contributed by atoms with van der Waals surface area (Å²) in [6.07, 6.45) is -0.622. The Labute approximate surface area is 142 Å². The number of rotatable bonds is 5. The fourth-order valence-corrected chi connectivity index (χ4v) is 2.25. The Hall–Kier alpha value is -2.82. The van der Waals surface area contributed by atoms with Crippen LogP contribution in [0, 0.1) is 13.8 Å². The second-order valence-electron chi connectivity index (χ2n) is 5.68. The summed E-state index contributed by atoms with van der Waals surface area (Å²) < 4.78 is 5.12. The average Bonchev–Trinajstić information content (AvgIpc) is 2.57. The van der Waals surface area contributed by atoms with Gasteiger partial charge >= 0.3 is 6.09 Å². The van der Waals surface area contributed by atoms with Crippen LogP contribution in [0.3, 0.4) is 0 Å². The number of carbonyl (C=O) groups is 2. The Bertz CT molecular complexity index is 694. The van der Waals surface area contributed by atoms with Crippen LogP contribution in [0.5, 0.6) is 0 Å². The fraction of sp³-hybridized carbons (Fsp3) is 0.263. The summed E-state index contributed by atoms with van der Waals surface area (Å²) in [6, 6.07) is 14.5. The lowest BCUT2D eigenvalue weighted by atomic mass is 10.1. The molecule has 0 radical (unpaired) electrons. The summed E-state index contributed by atoms with van der Waals surface area (Å²) in [5.74, 6) is -0.288. The third-order valence-corrected chi connectivity index (χ3v) is 3.67. The molecule has 1 atom stereocenters. The molecule has 0 saturated heterocycles. The highest BCUT2D eigenvalue weighted by Crippen LogP contribution is 2.19. The third-order valence-electron chi connectivity index (χ3n) is 3.67. The molecule has 0 aliphatic carbocycles. The zero-order valence-corrected chi connectivity index (χ0v) is 14.1. The third kappa shape index (κ3) is 4.84. The van der Waals surface area contributed by atoms with Gasteiger partial charge in [0.05, 0.1) is 0 Å². The van der Waals surface area contributed by atoms with E-state index in [1.165, 1.54) is 0 Å². The van der Waals surface area contributed by atoms with Crippen molar-refractivity contribution >= 4 is 17.7 Å². The van der Waals surface area contributed by atoms with E-state index in [0.29, 0.717) is 0 Å². The molecule has 5 heteroatoms. The smallest absolute Gasteiger partial charge is 0.408 e. The summed E-state index contributed by atoms with van der Waals surface area (Å²) in [5, 5.41) is 5.38. The molecule has 126 valence electrons. The number of hydrogen-bond acceptors (Lipinski definition) is 3. The minimum Gasteiger partial charge on any atom is -0.445 e. The van der Waals surface area contributed by atoms with Gasteiger partial charge in [0.25, 0.3) is 0 Å². The predicted molar refractivity (Wildman–Crippen MR) is 93.8 cm³/mol. The Morgan fingerprint density at radius 1 is 1.00 bits per heavy atom. The summed E-state index contributed by atoms with van der Waals surface area (Å²) in [4.78, 5) is 24.0. The van der Waals surface area contributed by atoms with Gasteiger partial charge < -0.3 is 15.4 Å². The molecule has 0 fully saturated rings. The van der Waals surface area contributed by atoms with E-state index in [9.17, 15) is 9.59 Å². The maximum atomic E-state index is 12.2. The number of para-hydroxylation sites is 1. The molecule has 24 heavy (non-hydrogen) atoms. The number of benzene rings is 2. The van der Waals surface area contributed by atoms with Crippen LogP contribution in [0.1, 0.15) is 23.6 Å². The first-order valence-corrected chi connectivity index (χ1v) is 7.81. The van der Waals surface area contributed by atoms with E-state index >= 15 is 0 Å². The standard InChI is InChI=1S/C19H22N2O3/c1-13-8-7-9-14(2)17(13)21-18(22)15(3)20-19(23)24-12-16-10-5-4-6-11-16/h4-11,15H,12H2,1-3H3,(H,20,23)(H,21,22)/t15-/m0/s1. The highest BCUT2D eigenvalue weighted by atomic mass is 16.5. The number of aryl methyl sites for hydroxylation is 2. The van der Waals surface area contributed by atoms with Crippen LogP contribution < -0.4 is 10.6 Å². The maximum Gasteiger partial charge on any atom is 0.408 e. The normalized spacial score (nSPS) is 11.5. The monoisotopic (exact) mass is 326 g/mol. The number of hydrogen-bond donors (Lipinski definition) is 2. The number of alkyl carbamates (subject to hydrolysis) is 1. The van der Waals surface area contributed by atoms with E-state index in [1.54, 1.807) is 6.92 Å². The van der Waals surface area contributed by atoms with Crippen LogP contribution in [0.4, 0.5) is 10.5 Å². The zero-order chi connectivity index (χ0) is 17.5. The van der Waals surface area contributed by atoms with Gasteiger partial charge in [-0.1, -0.05) is 48.5 Å². The van der Waals surface area contributed by atoms with Crippen LogP contribution in [0.2, 0.25) is 0 Å². The summed E-state index contributed by atoms with van der Waals surface area (Å²) in [7, 11) is 0. The van der Waals surface area contributed by atoms with Crippen molar-refractivity contribution in [2.75, 3.05) is 5.32 Å². The van der Waals surface area contributed by atoms with Crippen molar-refractivity contribution in [3.63, 3.8) is 0 Å². The first kappa shape index (κ1) is 17.5. The summed E-state index contributed by atoms with van der Waals surface area (Å²) in [6.45, 7) is 5.63. The number of carbonyl (C=O) groups excluding carboxylic acids is 2. The highest BCUT2D eigenvalue weighted by Gasteiger charge is 2.17. The molecule has 0 bridgehead atoms. The molecule has 2 aromatic rings. The first-order chi connectivity index (χ1) is 11.5. The molecule has 0 aliphatic rings. The highest BCUT2D eigenvalue weighted by molar-refractivity contribution is 5.97. The lowest BCUT2D eigenvalue weighted by Gasteiger charge is -2.16. The van der Waals surface area contributed by atoms with Crippen molar-refractivity contribution in [1.82, 2.24) is 5.32 Å². The molecule has 0 aliphatic heterocycles. The Balaban J connectivity index is 1.86. The topological polar surface area (TPSA) is 67.4 Å². The molecule has 0 aromatic heterocycles. The van der Waals surface area contributed by atoms with Gasteiger partial charge in [-0.05, 0) is 37.5 Å². The van der Waals surface area contributed by atoms with Crippen LogP contribution >= 0.6 is 0 Å². The van der Waals surface area contributed by atoms with Crippen LogP contribution in [0.15, 0.2) is 48.5 Å². The predicted octanol–water partition coefficient (Wildman–Crippen LogP) is 3.56. The largest absolute Gasteiger partial charge is 0.445 e. The Morgan fingerprint density at radius 2 is 1.62 bits per heavy atom. The number of amides is 2. The minimum absolute atomic E-state index is 0.165. The van der Waals surface area contributed by atoms with E-state index in [0.717, 1.165) is 22.4 Å². The van der Waals surface area contributed by atoms with E-state index in [4.69, 9.17) is 4.74 Å². The molecule has 0 unspecified atom stereocenters. The SMILES string of the molecule is Cc1cccc(C)c1NC(=O)[C@H](C)NC(=O)OCc1ccccc1. The number of ether oxygens (including phenoxy) is 1. The average molecular weight is 326 g/mol. The molecule has 0 heterocycles. The second kappa shape index (κ2) is 8.15. The van der Waals surface area contributed by atoms with Gasteiger partial charge in [-0.3, -0.25) is 4.79 Å². The molecule has 5 nitrogen and oxygen atoms in total. The Kier molecular flexibility index (Phi) is 5.95. The van der Waals surface area contributed by atoms with Crippen LogP contribution in [-0.4, -0.2) is 18.0 Å². The van der Waals surface area contributed by atoms with Crippen molar-refractivity contribution in [3.8, 4) is 0 Å². The second-order valence-corrected chi connectivity index (χ2v) is 5.68. The van der Waals surface area contributed by atoms with Crippen LogP contribution in [0.25, 0.3) is 0 Å². The van der Waals surface area contributed by atoms with Crippen molar-refractivity contribution in [1.29, 1.82) is 0 Å². The fourth-order valence-electron chi connectivity index (χ4n) is 2.25. The van der Waals surface area contributed by atoms with Gasteiger partial charge in [-0.2, -0.15) is 0 Å². The molecule has 2 aromatic carbocycles. The molecule has 2 N–H and O–H groups in total. The van der Waals surface area contributed by atoms with Crippen molar-refractivity contribution < 1.29 is 14.3 Å². The molecule has 0 spiro atoms. The van der Waals surface area contributed by atoms with Gasteiger partial charge in [0, 0.05) is 5.69 Å². The zero-order valence-electron chi connectivity index (χ0n) is 14.1. The molecular weight excluding hydrogens is 304 g/mol. The van der Waals surface area contributed by atoms with E-state index in [2.05, 4.69) is 10.6 Å². The van der Waals surface area contributed by atoms with E-state index in [1.807, 2.05) is 62.4 Å². The molecular formula is C19H22N2O3. The molecule has 0 saturated carbocycles. The molecule has 2 amide bonds. The quantitative estimate of drug-likeness (QED) is 0.883. The van der Waals surface area contributed by atoms with Crippen molar-refractivity contribution in [3.05, 3.63) is 65.2 Å². The first-order valence-electron chi connectivity index (χ1n) is 7.81. The maximum absolute atomic E-state index is 12.2. The summed E-state index contributed by atoms with van der Waals surface area (Å²) in [5.41, 5.74) is 3.61.